The van der Waals surface area contributed by atoms with Crippen LogP contribution < -0.4 is 10.3 Å². The van der Waals surface area contributed by atoms with Crippen LogP contribution in [0.4, 0.5) is 10.1 Å². The number of rotatable bonds is 4. The number of anilines is 1. The van der Waals surface area contributed by atoms with E-state index in [1.807, 2.05) is 18.7 Å². The van der Waals surface area contributed by atoms with Gasteiger partial charge in [-0.15, -0.1) is 0 Å². The van der Waals surface area contributed by atoms with E-state index in [-0.39, 0.29) is 15.2 Å². The van der Waals surface area contributed by atoms with Crippen LogP contribution >= 0.6 is 0 Å². The Kier molecular flexibility index (Phi) is 5.88. The molecule has 32 heavy (non-hydrogen) atoms. The van der Waals surface area contributed by atoms with E-state index < -0.39 is 21.1 Å². The molecule has 0 saturated carbocycles. The second-order valence-corrected chi connectivity index (χ2v) is 10.8. The second kappa shape index (κ2) is 8.35. The summed E-state index contributed by atoms with van der Waals surface area (Å²) < 4.78 is 43.7. The molecule has 2 aromatic carbocycles. The first-order chi connectivity index (χ1) is 15.1. The van der Waals surface area contributed by atoms with E-state index >= 15 is 4.39 Å². The number of fused-ring (bicyclic) bond motifs is 1. The smallest absolute Gasteiger partial charge is 0.212 e. The maximum atomic E-state index is 15.2. The first-order valence-electron chi connectivity index (χ1n) is 11.1. The zero-order chi connectivity index (χ0) is 23.2. The second-order valence-electron chi connectivity index (χ2n) is 8.90. The highest BCUT2D eigenvalue weighted by Crippen LogP contribution is 2.30. The predicted octanol–water partition coefficient (Wildman–Crippen LogP) is 4.85. The van der Waals surface area contributed by atoms with Gasteiger partial charge in [0.05, 0.1) is 21.5 Å². The molecule has 0 radical (unpaired) electrons. The van der Waals surface area contributed by atoms with E-state index in [0.717, 1.165) is 31.5 Å². The van der Waals surface area contributed by atoms with Gasteiger partial charge in [-0.2, -0.15) is 0 Å². The lowest BCUT2D eigenvalue weighted by atomic mass is 9.99. The van der Waals surface area contributed by atoms with Crippen molar-refractivity contribution < 1.29 is 12.8 Å². The Morgan fingerprint density at radius 1 is 1.12 bits per heavy atom. The standard InChI is InChI=1S/C25H29FN2O3S/c1-5-27-15-24(32(30,31)23-9-8-16(2)11-18(23)4)25(29)19-12-20(26)22(13-21(19)27)28-10-6-7-17(3)14-28/h8-9,11-13,15,17H,5-7,10,14H2,1-4H3. The van der Waals surface area contributed by atoms with Crippen LogP contribution in [-0.2, 0) is 16.4 Å². The highest BCUT2D eigenvalue weighted by atomic mass is 32.2. The van der Waals surface area contributed by atoms with E-state index in [9.17, 15) is 13.2 Å². The van der Waals surface area contributed by atoms with Crippen molar-refractivity contribution in [1.29, 1.82) is 0 Å². The third-order valence-corrected chi connectivity index (χ3v) is 8.27. The number of halogens is 1. The Labute approximate surface area is 188 Å². The summed E-state index contributed by atoms with van der Waals surface area (Å²) in [6, 6.07) is 7.92. The first-order valence-corrected chi connectivity index (χ1v) is 12.6. The fourth-order valence-corrected chi connectivity index (χ4v) is 6.28. The van der Waals surface area contributed by atoms with E-state index in [1.54, 1.807) is 29.7 Å². The zero-order valence-corrected chi connectivity index (χ0v) is 19.8. The van der Waals surface area contributed by atoms with Gasteiger partial charge in [0.2, 0.25) is 15.3 Å². The highest BCUT2D eigenvalue weighted by molar-refractivity contribution is 7.91. The molecule has 0 bridgehead atoms. The van der Waals surface area contributed by atoms with Crippen LogP contribution in [0.5, 0.6) is 0 Å². The summed E-state index contributed by atoms with van der Waals surface area (Å²) >= 11 is 0. The number of hydrogen-bond acceptors (Lipinski definition) is 4. The van der Waals surface area contributed by atoms with Gasteiger partial charge in [0.25, 0.3) is 0 Å². The summed E-state index contributed by atoms with van der Waals surface area (Å²) in [6.45, 7) is 9.60. The predicted molar refractivity (Wildman–Crippen MR) is 126 cm³/mol. The van der Waals surface area contributed by atoms with Gasteiger partial charge >= 0.3 is 0 Å². The van der Waals surface area contributed by atoms with Gasteiger partial charge in [-0.25, -0.2) is 12.8 Å². The summed E-state index contributed by atoms with van der Waals surface area (Å²) in [5, 5.41) is 0.0870. The molecule has 0 N–H and O–H groups in total. The van der Waals surface area contributed by atoms with Crippen LogP contribution in [0.2, 0.25) is 0 Å². The monoisotopic (exact) mass is 456 g/mol. The minimum Gasteiger partial charge on any atom is -0.369 e. The lowest BCUT2D eigenvalue weighted by molar-refractivity contribution is 0.442. The Hall–Kier alpha value is -2.67. The van der Waals surface area contributed by atoms with Crippen LogP contribution in [0.25, 0.3) is 10.9 Å². The number of piperidine rings is 1. The summed E-state index contributed by atoms with van der Waals surface area (Å²) in [5.41, 5.74) is 1.87. The molecule has 2 heterocycles. The first kappa shape index (κ1) is 22.5. The quantitative estimate of drug-likeness (QED) is 0.563. The lowest BCUT2D eigenvalue weighted by Crippen LogP contribution is -2.35. The van der Waals surface area contributed by atoms with Gasteiger partial charge < -0.3 is 9.47 Å². The van der Waals surface area contributed by atoms with Crippen molar-refractivity contribution >= 4 is 26.4 Å². The van der Waals surface area contributed by atoms with E-state index in [4.69, 9.17) is 0 Å². The summed E-state index contributed by atoms with van der Waals surface area (Å²) in [7, 11) is -4.06. The van der Waals surface area contributed by atoms with Crippen molar-refractivity contribution in [3.63, 3.8) is 0 Å². The molecule has 0 aliphatic carbocycles. The number of hydrogen-bond donors (Lipinski definition) is 0. The third kappa shape index (κ3) is 3.83. The number of aromatic nitrogens is 1. The number of nitrogens with zero attached hydrogens (tertiary/aromatic N) is 2. The molecule has 0 amide bonds. The topological polar surface area (TPSA) is 59.4 Å². The average Bonchev–Trinajstić information content (AvgIpc) is 2.73. The van der Waals surface area contributed by atoms with E-state index in [0.29, 0.717) is 29.2 Å². The van der Waals surface area contributed by atoms with Gasteiger partial charge in [0.1, 0.15) is 10.7 Å². The molecule has 1 aliphatic rings. The molecule has 1 saturated heterocycles. The molecule has 0 spiro atoms. The van der Waals surface area contributed by atoms with Gasteiger partial charge in [0, 0.05) is 25.8 Å². The van der Waals surface area contributed by atoms with Gasteiger partial charge in [-0.3, -0.25) is 4.79 Å². The molecule has 7 heteroatoms. The number of benzene rings is 2. The zero-order valence-electron chi connectivity index (χ0n) is 19.0. The van der Waals surface area contributed by atoms with Crippen molar-refractivity contribution in [3.05, 3.63) is 63.7 Å². The normalized spacial score (nSPS) is 17.2. The minimum absolute atomic E-state index is 0.0870. The largest absolute Gasteiger partial charge is 0.369 e. The van der Waals surface area contributed by atoms with Crippen molar-refractivity contribution in [3.8, 4) is 0 Å². The molecule has 1 fully saturated rings. The molecule has 5 nitrogen and oxygen atoms in total. The Morgan fingerprint density at radius 2 is 1.88 bits per heavy atom. The molecule has 1 atom stereocenters. The van der Waals surface area contributed by atoms with Crippen molar-refractivity contribution in [2.75, 3.05) is 18.0 Å². The third-order valence-electron chi connectivity index (χ3n) is 6.36. The summed E-state index contributed by atoms with van der Waals surface area (Å²) in [5.74, 6) is -0.0232. The molecule has 1 aliphatic heterocycles. The fourth-order valence-electron chi connectivity index (χ4n) is 4.70. The summed E-state index contributed by atoms with van der Waals surface area (Å²) in [6.07, 6.45) is 3.51. The van der Waals surface area contributed by atoms with Crippen LogP contribution in [-0.4, -0.2) is 26.1 Å². The van der Waals surface area contributed by atoms with Crippen LogP contribution in [0.15, 0.2) is 51.1 Å². The maximum Gasteiger partial charge on any atom is 0.212 e. The number of aryl methyl sites for hydroxylation is 3. The molecule has 1 aromatic heterocycles. The van der Waals surface area contributed by atoms with Crippen molar-refractivity contribution in [2.45, 2.75) is 56.9 Å². The number of sulfone groups is 1. The molecular weight excluding hydrogens is 427 g/mol. The Bertz CT molecular complexity index is 1360. The molecule has 4 rings (SSSR count). The molecule has 170 valence electrons. The molecular formula is C25H29FN2O3S. The molecule has 3 aromatic rings. The SMILES string of the molecule is CCn1cc(S(=O)(=O)c2ccc(C)cc2C)c(=O)c2cc(F)c(N3CCCC(C)C3)cc21. The van der Waals surface area contributed by atoms with Crippen LogP contribution in [0.1, 0.15) is 37.8 Å². The summed E-state index contributed by atoms with van der Waals surface area (Å²) in [4.78, 5) is 15.1. The van der Waals surface area contributed by atoms with E-state index in [2.05, 4.69) is 6.92 Å². The van der Waals surface area contributed by atoms with Gasteiger partial charge in [0.15, 0.2) is 0 Å². The highest BCUT2D eigenvalue weighted by Gasteiger charge is 2.27. The van der Waals surface area contributed by atoms with Gasteiger partial charge in [-0.1, -0.05) is 24.6 Å². The van der Waals surface area contributed by atoms with Crippen molar-refractivity contribution in [2.24, 2.45) is 5.92 Å². The average molecular weight is 457 g/mol. The van der Waals surface area contributed by atoms with Crippen molar-refractivity contribution in [1.82, 2.24) is 4.57 Å². The Morgan fingerprint density at radius 3 is 2.53 bits per heavy atom. The Balaban J connectivity index is 1.93. The molecule has 1 unspecified atom stereocenters. The lowest BCUT2D eigenvalue weighted by Gasteiger charge is -2.33. The van der Waals surface area contributed by atoms with E-state index in [1.165, 1.54) is 18.3 Å². The minimum atomic E-state index is -4.06. The van der Waals surface area contributed by atoms with Crippen LogP contribution in [0.3, 0.4) is 0 Å². The number of pyridine rings is 1. The van der Waals surface area contributed by atoms with Gasteiger partial charge in [-0.05, 0) is 63.3 Å². The fraction of sp³-hybridized carbons (Fsp3) is 0.400. The van der Waals surface area contributed by atoms with Crippen LogP contribution in [0, 0.1) is 25.6 Å². The maximum absolute atomic E-state index is 15.2.